The normalized spacial score (nSPS) is 11.1. The number of aromatic nitrogens is 1. The third-order valence-corrected chi connectivity index (χ3v) is 2.89. The fraction of sp³-hybridized carbons (Fsp3) is 0.385. The molecule has 2 heteroatoms. The second-order valence-corrected chi connectivity index (χ2v) is 3.94. The van der Waals surface area contributed by atoms with E-state index in [-0.39, 0.29) is 0 Å². The summed E-state index contributed by atoms with van der Waals surface area (Å²) in [6.07, 6.45) is 2.26. The van der Waals surface area contributed by atoms with Crippen molar-refractivity contribution in [3.63, 3.8) is 0 Å². The molecule has 0 radical (unpaired) electrons. The standard InChI is InChI=1S/C13H18N2/c1-4-15-9-11(8-14-3)12-7-5-6-10(2)13(12)15/h5-7,9,14H,4,8H2,1-3H3. The maximum Gasteiger partial charge on any atom is 0.0513 e. The first-order chi connectivity index (χ1) is 7.27. The summed E-state index contributed by atoms with van der Waals surface area (Å²) in [5.41, 5.74) is 4.13. The molecule has 1 heterocycles. The van der Waals surface area contributed by atoms with Crippen molar-refractivity contribution in [3.05, 3.63) is 35.5 Å². The SMILES string of the molecule is CCn1cc(CNC)c2cccc(C)c21. The molecule has 0 saturated carbocycles. The van der Waals surface area contributed by atoms with Gasteiger partial charge in [-0.2, -0.15) is 0 Å². The number of benzene rings is 1. The first-order valence-corrected chi connectivity index (χ1v) is 5.49. The third kappa shape index (κ3) is 1.65. The molecule has 0 aliphatic rings. The molecule has 80 valence electrons. The molecule has 15 heavy (non-hydrogen) atoms. The summed E-state index contributed by atoms with van der Waals surface area (Å²) >= 11 is 0. The number of fused-ring (bicyclic) bond motifs is 1. The predicted molar refractivity (Wildman–Crippen MR) is 65.1 cm³/mol. The van der Waals surface area contributed by atoms with E-state index in [0.29, 0.717) is 0 Å². The summed E-state index contributed by atoms with van der Waals surface area (Å²) in [7, 11) is 1.99. The summed E-state index contributed by atoms with van der Waals surface area (Å²) in [6, 6.07) is 6.52. The van der Waals surface area contributed by atoms with Gasteiger partial charge in [-0.25, -0.2) is 0 Å². The average Bonchev–Trinajstić information content (AvgIpc) is 2.59. The minimum atomic E-state index is 0.937. The van der Waals surface area contributed by atoms with E-state index < -0.39 is 0 Å². The van der Waals surface area contributed by atoms with Gasteiger partial charge < -0.3 is 9.88 Å². The Bertz CT molecular complexity index is 469. The molecule has 0 amide bonds. The monoisotopic (exact) mass is 202 g/mol. The molecule has 0 fully saturated rings. The van der Waals surface area contributed by atoms with E-state index in [9.17, 15) is 0 Å². The van der Waals surface area contributed by atoms with Crippen molar-refractivity contribution >= 4 is 10.9 Å². The molecule has 2 aromatic rings. The van der Waals surface area contributed by atoms with Crippen molar-refractivity contribution in [2.24, 2.45) is 0 Å². The zero-order chi connectivity index (χ0) is 10.8. The van der Waals surface area contributed by atoms with Crippen molar-refractivity contribution in [3.8, 4) is 0 Å². The molecular weight excluding hydrogens is 184 g/mol. The van der Waals surface area contributed by atoms with Gasteiger partial charge in [0, 0.05) is 24.7 Å². The maximum atomic E-state index is 3.22. The quantitative estimate of drug-likeness (QED) is 0.809. The van der Waals surface area contributed by atoms with Gasteiger partial charge in [-0.1, -0.05) is 18.2 Å². The third-order valence-electron chi connectivity index (χ3n) is 2.89. The first-order valence-electron chi connectivity index (χ1n) is 5.49. The van der Waals surface area contributed by atoms with E-state index in [1.807, 2.05) is 7.05 Å². The van der Waals surface area contributed by atoms with Gasteiger partial charge in [0.15, 0.2) is 0 Å². The fourth-order valence-electron chi connectivity index (χ4n) is 2.20. The Hall–Kier alpha value is -1.28. The summed E-state index contributed by atoms with van der Waals surface area (Å²) < 4.78 is 2.33. The maximum absolute atomic E-state index is 3.22. The number of para-hydroxylation sites is 1. The molecule has 0 bridgehead atoms. The number of hydrogen-bond donors (Lipinski definition) is 1. The fourth-order valence-corrected chi connectivity index (χ4v) is 2.20. The molecule has 2 nitrogen and oxygen atoms in total. The van der Waals surface area contributed by atoms with Crippen LogP contribution in [0.4, 0.5) is 0 Å². The molecule has 0 saturated heterocycles. The number of aryl methyl sites for hydroxylation is 2. The highest BCUT2D eigenvalue weighted by molar-refractivity contribution is 5.86. The summed E-state index contributed by atoms with van der Waals surface area (Å²) in [4.78, 5) is 0. The lowest BCUT2D eigenvalue weighted by Gasteiger charge is -2.03. The van der Waals surface area contributed by atoms with Crippen molar-refractivity contribution < 1.29 is 0 Å². The number of nitrogens with one attached hydrogen (secondary N) is 1. The van der Waals surface area contributed by atoms with Gasteiger partial charge in [0.2, 0.25) is 0 Å². The van der Waals surface area contributed by atoms with E-state index in [1.54, 1.807) is 0 Å². The Kier molecular flexibility index (Phi) is 2.78. The van der Waals surface area contributed by atoms with E-state index in [0.717, 1.165) is 13.1 Å². The van der Waals surface area contributed by atoms with Crippen LogP contribution < -0.4 is 5.32 Å². The molecule has 0 unspecified atom stereocenters. The van der Waals surface area contributed by atoms with Crippen LogP contribution in [-0.2, 0) is 13.1 Å². The Morgan fingerprint density at radius 1 is 1.33 bits per heavy atom. The molecular formula is C13H18N2. The van der Waals surface area contributed by atoms with Crippen molar-refractivity contribution in [1.82, 2.24) is 9.88 Å². The molecule has 1 aromatic carbocycles. The molecule has 0 aliphatic heterocycles. The lowest BCUT2D eigenvalue weighted by atomic mass is 10.1. The van der Waals surface area contributed by atoms with Gasteiger partial charge in [-0.3, -0.25) is 0 Å². The van der Waals surface area contributed by atoms with Crippen LogP contribution in [0.5, 0.6) is 0 Å². The van der Waals surface area contributed by atoms with Gasteiger partial charge in [-0.05, 0) is 32.0 Å². The van der Waals surface area contributed by atoms with Crippen LogP contribution in [0.3, 0.4) is 0 Å². The average molecular weight is 202 g/mol. The van der Waals surface area contributed by atoms with E-state index in [1.165, 1.54) is 22.0 Å². The van der Waals surface area contributed by atoms with Crippen molar-refractivity contribution in [1.29, 1.82) is 0 Å². The van der Waals surface area contributed by atoms with Gasteiger partial charge in [0.1, 0.15) is 0 Å². The molecule has 2 rings (SSSR count). The van der Waals surface area contributed by atoms with Crippen LogP contribution in [-0.4, -0.2) is 11.6 Å². The molecule has 0 spiro atoms. The highest BCUT2D eigenvalue weighted by atomic mass is 15.0. The minimum absolute atomic E-state index is 0.937. The second-order valence-electron chi connectivity index (χ2n) is 3.94. The van der Waals surface area contributed by atoms with Crippen LogP contribution in [0.15, 0.2) is 24.4 Å². The van der Waals surface area contributed by atoms with E-state index in [2.05, 4.69) is 48.1 Å². The summed E-state index contributed by atoms with van der Waals surface area (Å²) in [5, 5.41) is 4.60. The molecule has 0 aliphatic carbocycles. The summed E-state index contributed by atoms with van der Waals surface area (Å²) in [5.74, 6) is 0. The number of nitrogens with zero attached hydrogens (tertiary/aromatic N) is 1. The highest BCUT2D eigenvalue weighted by Gasteiger charge is 2.08. The zero-order valence-corrected chi connectivity index (χ0v) is 9.67. The lowest BCUT2D eigenvalue weighted by Crippen LogP contribution is -2.04. The Labute approximate surface area is 90.9 Å². The first kappa shape index (κ1) is 10.2. The Morgan fingerprint density at radius 3 is 2.80 bits per heavy atom. The van der Waals surface area contributed by atoms with Crippen LogP contribution in [0.1, 0.15) is 18.1 Å². The van der Waals surface area contributed by atoms with Crippen molar-refractivity contribution in [2.75, 3.05) is 7.05 Å². The second kappa shape index (κ2) is 4.07. The van der Waals surface area contributed by atoms with Gasteiger partial charge in [0.05, 0.1) is 5.52 Å². The predicted octanol–water partition coefficient (Wildman–Crippen LogP) is 2.69. The van der Waals surface area contributed by atoms with E-state index in [4.69, 9.17) is 0 Å². The van der Waals surface area contributed by atoms with Gasteiger partial charge in [0.25, 0.3) is 0 Å². The number of rotatable bonds is 3. The van der Waals surface area contributed by atoms with E-state index >= 15 is 0 Å². The summed E-state index contributed by atoms with van der Waals surface area (Å²) in [6.45, 7) is 6.34. The lowest BCUT2D eigenvalue weighted by molar-refractivity contribution is 0.773. The highest BCUT2D eigenvalue weighted by Crippen LogP contribution is 2.24. The van der Waals surface area contributed by atoms with Crippen molar-refractivity contribution in [2.45, 2.75) is 26.9 Å². The van der Waals surface area contributed by atoms with Crippen LogP contribution in [0, 0.1) is 6.92 Å². The molecule has 1 N–H and O–H groups in total. The number of hydrogen-bond acceptors (Lipinski definition) is 1. The smallest absolute Gasteiger partial charge is 0.0513 e. The Balaban J connectivity index is 2.69. The van der Waals surface area contributed by atoms with Crippen LogP contribution in [0.2, 0.25) is 0 Å². The largest absolute Gasteiger partial charge is 0.347 e. The Morgan fingerprint density at radius 2 is 2.13 bits per heavy atom. The minimum Gasteiger partial charge on any atom is -0.347 e. The van der Waals surface area contributed by atoms with Crippen LogP contribution in [0.25, 0.3) is 10.9 Å². The van der Waals surface area contributed by atoms with Gasteiger partial charge in [-0.15, -0.1) is 0 Å². The topological polar surface area (TPSA) is 17.0 Å². The zero-order valence-electron chi connectivity index (χ0n) is 9.67. The molecule has 1 aromatic heterocycles. The van der Waals surface area contributed by atoms with Gasteiger partial charge >= 0.3 is 0 Å². The molecule has 0 atom stereocenters. The van der Waals surface area contributed by atoms with Crippen LogP contribution >= 0.6 is 0 Å².